The number of amides is 1. The van der Waals surface area contributed by atoms with Gasteiger partial charge < -0.3 is 14.6 Å². The summed E-state index contributed by atoms with van der Waals surface area (Å²) in [5, 5.41) is 4.09. The molecule has 1 fully saturated rings. The number of nitrogens with zero attached hydrogens (tertiary/aromatic N) is 3. The summed E-state index contributed by atoms with van der Waals surface area (Å²) in [5.41, 5.74) is 3.85. The highest BCUT2D eigenvalue weighted by Gasteiger charge is 2.28. The van der Waals surface area contributed by atoms with Crippen LogP contribution in [0.2, 0.25) is 0 Å². The summed E-state index contributed by atoms with van der Waals surface area (Å²) in [6.45, 7) is 9.60. The Balaban J connectivity index is 1.47. The summed E-state index contributed by atoms with van der Waals surface area (Å²) in [6, 6.07) is 8.08. The Hall–Kier alpha value is -2.89. The Morgan fingerprint density at radius 2 is 1.97 bits per heavy atom. The highest BCUT2D eigenvalue weighted by atomic mass is 16.3. The van der Waals surface area contributed by atoms with Crippen LogP contribution in [0.3, 0.4) is 0 Å². The number of furan rings is 1. The molecule has 6 heteroatoms. The molecule has 1 aromatic carbocycles. The van der Waals surface area contributed by atoms with Crippen LogP contribution in [0.25, 0.3) is 11.1 Å². The summed E-state index contributed by atoms with van der Waals surface area (Å²) < 4.78 is 5.81. The molecule has 1 amide bonds. The fraction of sp³-hybridized carbons (Fsp3) is 0.435. The van der Waals surface area contributed by atoms with Crippen LogP contribution < -0.4 is 10.2 Å². The van der Waals surface area contributed by atoms with E-state index in [2.05, 4.69) is 34.3 Å². The number of hydrogen-bond donors (Lipinski definition) is 1. The van der Waals surface area contributed by atoms with Crippen molar-refractivity contribution in [3.63, 3.8) is 0 Å². The van der Waals surface area contributed by atoms with Gasteiger partial charge in [-0.2, -0.15) is 4.98 Å². The van der Waals surface area contributed by atoms with E-state index in [1.54, 1.807) is 0 Å². The van der Waals surface area contributed by atoms with Crippen LogP contribution in [0.4, 0.5) is 11.5 Å². The van der Waals surface area contributed by atoms with E-state index >= 15 is 0 Å². The smallest absolute Gasteiger partial charge is 0.231 e. The van der Waals surface area contributed by atoms with Crippen molar-refractivity contribution in [2.45, 2.75) is 47.0 Å². The molecule has 0 unspecified atom stereocenters. The number of benzene rings is 1. The van der Waals surface area contributed by atoms with Crippen LogP contribution in [0.1, 0.15) is 42.5 Å². The molecule has 0 atom stereocenters. The first-order valence-electron chi connectivity index (χ1n) is 10.4. The zero-order valence-electron chi connectivity index (χ0n) is 17.6. The number of carbonyl (C=O) groups is 1. The first-order chi connectivity index (χ1) is 14.0. The average Bonchev–Trinajstić information content (AvgIpc) is 3.01. The number of aromatic nitrogens is 2. The molecule has 152 valence electrons. The van der Waals surface area contributed by atoms with E-state index in [1.807, 2.05) is 32.9 Å². The van der Waals surface area contributed by atoms with E-state index < -0.39 is 0 Å². The van der Waals surface area contributed by atoms with Gasteiger partial charge >= 0.3 is 0 Å². The Bertz CT molecular complexity index is 1050. The molecule has 1 aliphatic rings. The van der Waals surface area contributed by atoms with Gasteiger partial charge in [0.1, 0.15) is 17.4 Å². The first kappa shape index (κ1) is 19.4. The fourth-order valence-corrected chi connectivity index (χ4v) is 4.03. The molecule has 3 heterocycles. The minimum Gasteiger partial charge on any atom is -0.443 e. The van der Waals surface area contributed by atoms with Crippen LogP contribution >= 0.6 is 0 Å². The number of nitrogens with one attached hydrogen (secondary N) is 1. The molecule has 0 aliphatic carbocycles. The van der Waals surface area contributed by atoms with E-state index in [-0.39, 0.29) is 11.8 Å². The highest BCUT2D eigenvalue weighted by molar-refractivity contribution is 5.93. The van der Waals surface area contributed by atoms with Gasteiger partial charge in [0.05, 0.1) is 5.39 Å². The van der Waals surface area contributed by atoms with Gasteiger partial charge in [0.15, 0.2) is 0 Å². The van der Waals surface area contributed by atoms with Crippen molar-refractivity contribution >= 4 is 28.5 Å². The molecule has 1 saturated heterocycles. The number of rotatable bonds is 4. The first-order valence-corrected chi connectivity index (χ1v) is 10.4. The number of piperidine rings is 1. The second kappa shape index (κ2) is 7.85. The predicted octanol–water partition coefficient (Wildman–Crippen LogP) is 4.57. The zero-order valence-corrected chi connectivity index (χ0v) is 17.6. The molecule has 0 bridgehead atoms. The van der Waals surface area contributed by atoms with Crippen LogP contribution in [-0.4, -0.2) is 29.0 Å². The van der Waals surface area contributed by atoms with Gasteiger partial charge in [-0.1, -0.05) is 19.1 Å². The van der Waals surface area contributed by atoms with Crippen molar-refractivity contribution in [3.05, 3.63) is 47.0 Å². The maximum atomic E-state index is 12.8. The van der Waals surface area contributed by atoms with E-state index in [9.17, 15) is 4.79 Å². The van der Waals surface area contributed by atoms with Gasteiger partial charge in [-0.15, -0.1) is 0 Å². The van der Waals surface area contributed by atoms with Crippen molar-refractivity contribution in [1.82, 2.24) is 9.97 Å². The Labute approximate surface area is 171 Å². The quantitative estimate of drug-likeness (QED) is 0.704. The third-order valence-corrected chi connectivity index (χ3v) is 5.89. The van der Waals surface area contributed by atoms with Crippen LogP contribution in [0.15, 0.2) is 28.7 Å². The topological polar surface area (TPSA) is 71.3 Å². The summed E-state index contributed by atoms with van der Waals surface area (Å²) in [5.74, 6) is 2.64. The van der Waals surface area contributed by atoms with Gasteiger partial charge in [-0.25, -0.2) is 4.98 Å². The molecule has 6 nitrogen and oxygen atoms in total. The minimum atomic E-state index is 0.0159. The van der Waals surface area contributed by atoms with Gasteiger partial charge in [0, 0.05) is 30.3 Å². The standard InChI is InChI=1S/C23H28N4O2/c1-5-17-7-6-8-19(13-17)26-22(28)18-9-11-27(12-10-18)21-20-14(2)15(3)29-23(20)25-16(4)24-21/h6-8,13,18H,5,9-12H2,1-4H3,(H,26,28). The number of aryl methyl sites for hydroxylation is 4. The lowest BCUT2D eigenvalue weighted by Crippen LogP contribution is -2.38. The second-order valence-electron chi connectivity index (χ2n) is 7.86. The van der Waals surface area contributed by atoms with Crippen molar-refractivity contribution in [2.75, 3.05) is 23.3 Å². The monoisotopic (exact) mass is 392 g/mol. The summed E-state index contributed by atoms with van der Waals surface area (Å²) in [4.78, 5) is 24.2. The zero-order chi connectivity index (χ0) is 20.5. The number of anilines is 2. The van der Waals surface area contributed by atoms with E-state index in [1.165, 1.54) is 5.56 Å². The number of hydrogen-bond acceptors (Lipinski definition) is 5. The molecule has 2 aromatic heterocycles. The van der Waals surface area contributed by atoms with Crippen molar-refractivity contribution in [1.29, 1.82) is 0 Å². The lowest BCUT2D eigenvalue weighted by Gasteiger charge is -2.32. The Morgan fingerprint density at radius 3 is 2.69 bits per heavy atom. The summed E-state index contributed by atoms with van der Waals surface area (Å²) >= 11 is 0. The Kier molecular flexibility index (Phi) is 5.26. The molecular formula is C23H28N4O2. The van der Waals surface area contributed by atoms with Crippen molar-refractivity contribution in [3.8, 4) is 0 Å². The molecular weight excluding hydrogens is 364 g/mol. The van der Waals surface area contributed by atoms with Crippen LogP contribution in [0.5, 0.6) is 0 Å². The molecule has 1 N–H and O–H groups in total. The maximum Gasteiger partial charge on any atom is 0.231 e. The average molecular weight is 393 g/mol. The van der Waals surface area contributed by atoms with Crippen LogP contribution in [-0.2, 0) is 11.2 Å². The molecule has 0 saturated carbocycles. The van der Waals surface area contributed by atoms with Gasteiger partial charge in [0.25, 0.3) is 0 Å². The van der Waals surface area contributed by atoms with E-state index in [0.29, 0.717) is 11.5 Å². The second-order valence-corrected chi connectivity index (χ2v) is 7.86. The predicted molar refractivity (Wildman–Crippen MR) is 115 cm³/mol. The number of carbonyl (C=O) groups excluding carboxylic acids is 1. The SMILES string of the molecule is CCc1cccc(NC(=O)C2CCN(c3nc(C)nc4oc(C)c(C)c34)CC2)c1. The highest BCUT2D eigenvalue weighted by Crippen LogP contribution is 2.33. The molecule has 3 aromatic rings. The fourth-order valence-electron chi connectivity index (χ4n) is 4.03. The molecule has 0 radical (unpaired) electrons. The van der Waals surface area contributed by atoms with Crippen LogP contribution in [0, 0.1) is 26.7 Å². The van der Waals surface area contributed by atoms with Gasteiger partial charge in [0.2, 0.25) is 11.6 Å². The van der Waals surface area contributed by atoms with E-state index in [4.69, 9.17) is 9.40 Å². The largest absolute Gasteiger partial charge is 0.443 e. The lowest BCUT2D eigenvalue weighted by molar-refractivity contribution is -0.120. The molecule has 1 aliphatic heterocycles. The number of fused-ring (bicyclic) bond motifs is 1. The molecule has 4 rings (SSSR count). The normalized spacial score (nSPS) is 15.1. The molecule has 0 spiro atoms. The lowest BCUT2D eigenvalue weighted by atomic mass is 9.95. The van der Waals surface area contributed by atoms with E-state index in [0.717, 1.165) is 60.6 Å². The van der Waals surface area contributed by atoms with Gasteiger partial charge in [-0.05, 0) is 57.7 Å². The maximum absolute atomic E-state index is 12.8. The molecule has 29 heavy (non-hydrogen) atoms. The van der Waals surface area contributed by atoms with Gasteiger partial charge in [-0.3, -0.25) is 4.79 Å². The third-order valence-electron chi connectivity index (χ3n) is 5.89. The summed E-state index contributed by atoms with van der Waals surface area (Å²) in [7, 11) is 0. The van der Waals surface area contributed by atoms with Crippen molar-refractivity contribution < 1.29 is 9.21 Å². The third kappa shape index (κ3) is 3.84. The minimum absolute atomic E-state index is 0.0159. The van der Waals surface area contributed by atoms with Crippen molar-refractivity contribution in [2.24, 2.45) is 5.92 Å². The Morgan fingerprint density at radius 1 is 1.21 bits per heavy atom. The summed E-state index contributed by atoms with van der Waals surface area (Å²) in [6.07, 6.45) is 2.57.